The summed E-state index contributed by atoms with van der Waals surface area (Å²) in [5, 5.41) is 12.2. The summed E-state index contributed by atoms with van der Waals surface area (Å²) in [4.78, 5) is 0. The Balaban J connectivity index is 2.83. The smallest absolute Gasteiger partial charge is 0.387 e. The van der Waals surface area contributed by atoms with Gasteiger partial charge in [-0.25, -0.2) is 0 Å². The highest BCUT2D eigenvalue weighted by molar-refractivity contribution is 5.41. The second-order valence-corrected chi connectivity index (χ2v) is 4.92. The summed E-state index contributed by atoms with van der Waals surface area (Å²) < 4.78 is 29.5. The Kier molecular flexibility index (Phi) is 6.88. The van der Waals surface area contributed by atoms with Gasteiger partial charge in [0.15, 0.2) is 0 Å². The lowest BCUT2D eigenvalue weighted by Gasteiger charge is -2.18. The van der Waals surface area contributed by atoms with Crippen LogP contribution in [0.25, 0.3) is 0 Å². The maximum atomic E-state index is 12.4. The van der Waals surface area contributed by atoms with E-state index in [0.717, 1.165) is 17.5 Å². The first-order valence-electron chi connectivity index (χ1n) is 6.87. The van der Waals surface area contributed by atoms with Crippen LogP contribution in [0.4, 0.5) is 8.78 Å². The summed E-state index contributed by atoms with van der Waals surface area (Å²) in [6.07, 6.45) is 1.52. The number of alkyl halides is 2. The predicted octanol–water partition coefficient (Wildman–Crippen LogP) is 3.16. The van der Waals surface area contributed by atoms with Gasteiger partial charge in [-0.1, -0.05) is 13.0 Å². The van der Waals surface area contributed by atoms with Crippen LogP contribution in [0.3, 0.4) is 0 Å². The highest BCUT2D eigenvalue weighted by Crippen LogP contribution is 2.25. The van der Waals surface area contributed by atoms with Gasteiger partial charge in [-0.15, -0.1) is 0 Å². The Morgan fingerprint density at radius 2 is 1.90 bits per heavy atom. The van der Waals surface area contributed by atoms with Gasteiger partial charge in [0.05, 0.1) is 0 Å². The van der Waals surface area contributed by atoms with Crippen molar-refractivity contribution in [2.45, 2.75) is 52.8 Å². The van der Waals surface area contributed by atoms with Crippen molar-refractivity contribution in [2.24, 2.45) is 0 Å². The molecular weight excluding hydrogens is 264 g/mol. The fourth-order valence-electron chi connectivity index (χ4n) is 2.05. The molecule has 0 spiro atoms. The molecule has 0 amide bonds. The second kappa shape index (κ2) is 8.17. The number of hydrogen-bond donors (Lipinski definition) is 2. The topological polar surface area (TPSA) is 41.5 Å². The van der Waals surface area contributed by atoms with Gasteiger partial charge >= 0.3 is 6.61 Å². The number of halogens is 2. The Morgan fingerprint density at radius 3 is 2.45 bits per heavy atom. The molecule has 0 fully saturated rings. The van der Waals surface area contributed by atoms with Crippen molar-refractivity contribution in [2.75, 3.05) is 6.61 Å². The highest BCUT2D eigenvalue weighted by Gasteiger charge is 2.13. The van der Waals surface area contributed by atoms with Gasteiger partial charge in [0, 0.05) is 24.8 Å². The first kappa shape index (κ1) is 16.9. The number of aliphatic hydroxyl groups excluding tert-OH is 1. The monoisotopic (exact) mass is 287 g/mol. The summed E-state index contributed by atoms with van der Waals surface area (Å²) >= 11 is 0. The van der Waals surface area contributed by atoms with Crippen LogP contribution in [-0.2, 0) is 6.54 Å². The molecule has 0 aromatic heterocycles. The average molecular weight is 287 g/mol. The van der Waals surface area contributed by atoms with E-state index in [9.17, 15) is 8.78 Å². The fourth-order valence-corrected chi connectivity index (χ4v) is 2.05. The Hall–Kier alpha value is -1.20. The lowest BCUT2D eigenvalue weighted by molar-refractivity contribution is -0.0505. The average Bonchev–Trinajstić information content (AvgIpc) is 2.38. The molecular formula is C15H23F2NO2. The minimum atomic E-state index is -2.82. The van der Waals surface area contributed by atoms with Crippen molar-refractivity contribution in [3.8, 4) is 5.75 Å². The van der Waals surface area contributed by atoms with E-state index in [0.29, 0.717) is 18.5 Å². The molecule has 0 saturated carbocycles. The van der Waals surface area contributed by atoms with E-state index in [-0.39, 0.29) is 18.4 Å². The van der Waals surface area contributed by atoms with Crippen molar-refractivity contribution < 1.29 is 18.6 Å². The Labute approximate surface area is 119 Å². The minimum Gasteiger partial charge on any atom is -0.434 e. The maximum absolute atomic E-state index is 12.4. The summed E-state index contributed by atoms with van der Waals surface area (Å²) in [6, 6.07) is 3.68. The molecule has 5 heteroatoms. The van der Waals surface area contributed by atoms with Gasteiger partial charge in [-0.3, -0.25) is 0 Å². The zero-order chi connectivity index (χ0) is 15.1. The third kappa shape index (κ3) is 5.06. The second-order valence-electron chi connectivity index (χ2n) is 4.92. The van der Waals surface area contributed by atoms with Gasteiger partial charge in [-0.2, -0.15) is 8.78 Å². The number of aryl methyl sites for hydroxylation is 2. The number of benzene rings is 1. The molecule has 3 nitrogen and oxygen atoms in total. The van der Waals surface area contributed by atoms with Crippen molar-refractivity contribution in [1.29, 1.82) is 0 Å². The van der Waals surface area contributed by atoms with Crippen LogP contribution in [0, 0.1) is 13.8 Å². The van der Waals surface area contributed by atoms with Gasteiger partial charge in [0.25, 0.3) is 0 Å². The van der Waals surface area contributed by atoms with Crippen LogP contribution in [0.5, 0.6) is 5.75 Å². The molecule has 1 atom stereocenters. The molecule has 0 bridgehead atoms. The first-order valence-corrected chi connectivity index (χ1v) is 6.87. The zero-order valence-electron chi connectivity index (χ0n) is 12.2. The number of hydrogen-bond acceptors (Lipinski definition) is 3. The number of nitrogens with one attached hydrogen (secondary N) is 1. The van der Waals surface area contributed by atoms with Crippen LogP contribution in [-0.4, -0.2) is 24.4 Å². The van der Waals surface area contributed by atoms with Gasteiger partial charge in [0.2, 0.25) is 0 Å². The molecule has 2 N–H and O–H groups in total. The predicted molar refractivity (Wildman–Crippen MR) is 75.2 cm³/mol. The van der Waals surface area contributed by atoms with E-state index < -0.39 is 6.61 Å². The largest absolute Gasteiger partial charge is 0.434 e. The van der Waals surface area contributed by atoms with Crippen molar-refractivity contribution >= 4 is 0 Å². The summed E-state index contributed by atoms with van der Waals surface area (Å²) in [6.45, 7) is 3.56. The normalized spacial score (nSPS) is 12.8. The molecule has 1 aromatic carbocycles. The minimum absolute atomic E-state index is 0.110. The van der Waals surface area contributed by atoms with Crippen LogP contribution in [0.15, 0.2) is 12.1 Å². The van der Waals surface area contributed by atoms with Gasteiger partial charge in [-0.05, 0) is 43.9 Å². The number of rotatable bonds is 8. The molecule has 114 valence electrons. The zero-order valence-corrected chi connectivity index (χ0v) is 12.2. The molecule has 0 aliphatic rings. The van der Waals surface area contributed by atoms with Crippen molar-refractivity contribution in [1.82, 2.24) is 5.32 Å². The molecule has 0 aliphatic heterocycles. The van der Waals surface area contributed by atoms with E-state index in [4.69, 9.17) is 5.11 Å². The first-order chi connectivity index (χ1) is 9.47. The van der Waals surface area contributed by atoms with Crippen LogP contribution in [0.1, 0.15) is 36.5 Å². The standard InChI is InChI=1S/C15H23F2NO2/c1-4-13(5-6-19)18-9-12-7-10(2)11(3)8-14(12)20-15(16)17/h7-8,13,15,18-19H,4-6,9H2,1-3H3. The lowest BCUT2D eigenvalue weighted by Crippen LogP contribution is -2.29. The van der Waals surface area contributed by atoms with Crippen LogP contribution in [0.2, 0.25) is 0 Å². The van der Waals surface area contributed by atoms with E-state index in [1.54, 1.807) is 6.07 Å². The summed E-state index contributed by atoms with van der Waals surface area (Å²) in [5.74, 6) is 0.217. The van der Waals surface area contributed by atoms with Gasteiger partial charge in [0.1, 0.15) is 5.75 Å². The molecule has 0 heterocycles. The highest BCUT2D eigenvalue weighted by atomic mass is 19.3. The molecule has 0 saturated heterocycles. The Bertz CT molecular complexity index is 425. The lowest BCUT2D eigenvalue weighted by atomic mass is 10.0. The van der Waals surface area contributed by atoms with Crippen LogP contribution >= 0.6 is 0 Å². The SMILES string of the molecule is CCC(CCO)NCc1cc(C)c(C)cc1OC(F)F. The van der Waals surface area contributed by atoms with Gasteiger partial charge < -0.3 is 15.2 Å². The molecule has 0 radical (unpaired) electrons. The van der Waals surface area contributed by atoms with Crippen molar-refractivity contribution in [3.05, 3.63) is 28.8 Å². The molecule has 20 heavy (non-hydrogen) atoms. The quantitative estimate of drug-likeness (QED) is 0.771. The number of ether oxygens (including phenoxy) is 1. The maximum Gasteiger partial charge on any atom is 0.387 e. The van der Waals surface area contributed by atoms with E-state index in [1.807, 2.05) is 26.8 Å². The summed E-state index contributed by atoms with van der Waals surface area (Å²) in [7, 11) is 0. The third-order valence-electron chi connectivity index (χ3n) is 3.44. The molecule has 1 aromatic rings. The number of aliphatic hydroxyl groups is 1. The van der Waals surface area contributed by atoms with Crippen molar-refractivity contribution in [3.63, 3.8) is 0 Å². The van der Waals surface area contributed by atoms with E-state index in [1.165, 1.54) is 0 Å². The molecule has 1 unspecified atom stereocenters. The molecule has 1 rings (SSSR count). The van der Waals surface area contributed by atoms with E-state index >= 15 is 0 Å². The van der Waals surface area contributed by atoms with Crippen LogP contribution < -0.4 is 10.1 Å². The van der Waals surface area contributed by atoms with E-state index in [2.05, 4.69) is 10.1 Å². The third-order valence-corrected chi connectivity index (χ3v) is 3.44. The molecule has 0 aliphatic carbocycles. The Morgan fingerprint density at radius 1 is 1.25 bits per heavy atom. The summed E-state index contributed by atoms with van der Waals surface area (Å²) in [5.41, 5.74) is 2.68. The fraction of sp³-hybridized carbons (Fsp3) is 0.600.